The van der Waals surface area contributed by atoms with E-state index in [-0.39, 0.29) is 5.82 Å². The molecule has 0 fully saturated rings. The van der Waals surface area contributed by atoms with Crippen molar-refractivity contribution in [2.45, 2.75) is 12.8 Å². The van der Waals surface area contributed by atoms with Gasteiger partial charge in [-0.1, -0.05) is 0 Å². The zero-order chi connectivity index (χ0) is 11.1. The molecule has 1 aromatic rings. The SMILES string of the molecule is CSCCCCNc1ncc(F)cc1F. The van der Waals surface area contributed by atoms with E-state index in [4.69, 9.17) is 0 Å². The standard InChI is InChI=1S/C10H14F2N2S/c1-15-5-3-2-4-13-10-9(12)6-8(11)7-14-10/h6-7H,2-5H2,1H3,(H,13,14). The minimum atomic E-state index is -0.652. The van der Waals surface area contributed by atoms with Gasteiger partial charge in [0, 0.05) is 12.6 Å². The van der Waals surface area contributed by atoms with Crippen LogP contribution in [0.4, 0.5) is 14.6 Å². The molecule has 84 valence electrons. The van der Waals surface area contributed by atoms with Gasteiger partial charge in [-0.3, -0.25) is 0 Å². The Morgan fingerprint density at radius 1 is 1.40 bits per heavy atom. The summed E-state index contributed by atoms with van der Waals surface area (Å²) in [5.41, 5.74) is 0. The first kappa shape index (κ1) is 12.2. The van der Waals surface area contributed by atoms with Gasteiger partial charge >= 0.3 is 0 Å². The van der Waals surface area contributed by atoms with E-state index in [9.17, 15) is 8.78 Å². The van der Waals surface area contributed by atoms with Crippen LogP contribution in [-0.2, 0) is 0 Å². The van der Waals surface area contributed by atoms with Gasteiger partial charge in [0.2, 0.25) is 0 Å². The second kappa shape index (κ2) is 6.61. The Balaban J connectivity index is 2.31. The fourth-order valence-electron chi connectivity index (χ4n) is 1.12. The first-order valence-corrected chi connectivity index (χ1v) is 6.17. The molecule has 15 heavy (non-hydrogen) atoms. The van der Waals surface area contributed by atoms with Gasteiger partial charge in [-0.25, -0.2) is 13.8 Å². The topological polar surface area (TPSA) is 24.9 Å². The van der Waals surface area contributed by atoms with E-state index in [0.717, 1.165) is 30.9 Å². The highest BCUT2D eigenvalue weighted by molar-refractivity contribution is 7.98. The molecule has 0 saturated heterocycles. The van der Waals surface area contributed by atoms with E-state index in [0.29, 0.717) is 6.54 Å². The summed E-state index contributed by atoms with van der Waals surface area (Å²) in [6, 6.07) is 0.831. The number of rotatable bonds is 6. The Bertz CT molecular complexity index is 307. The lowest BCUT2D eigenvalue weighted by Crippen LogP contribution is -2.06. The molecule has 0 saturated carbocycles. The van der Waals surface area contributed by atoms with Gasteiger partial charge in [0.1, 0.15) is 5.82 Å². The molecule has 0 aromatic carbocycles. The maximum absolute atomic E-state index is 13.1. The zero-order valence-electron chi connectivity index (χ0n) is 8.59. The van der Waals surface area contributed by atoms with Gasteiger partial charge < -0.3 is 5.32 Å². The molecule has 1 rings (SSSR count). The van der Waals surface area contributed by atoms with Gasteiger partial charge in [-0.05, 0) is 24.9 Å². The Labute approximate surface area is 92.5 Å². The van der Waals surface area contributed by atoms with E-state index in [1.165, 1.54) is 0 Å². The molecule has 1 aromatic heterocycles. The van der Waals surface area contributed by atoms with Crippen molar-refractivity contribution in [3.8, 4) is 0 Å². The van der Waals surface area contributed by atoms with Crippen LogP contribution in [0, 0.1) is 11.6 Å². The van der Waals surface area contributed by atoms with Crippen molar-refractivity contribution in [2.24, 2.45) is 0 Å². The van der Waals surface area contributed by atoms with Crippen LogP contribution in [0.2, 0.25) is 0 Å². The van der Waals surface area contributed by atoms with Crippen LogP contribution in [0.3, 0.4) is 0 Å². The van der Waals surface area contributed by atoms with Crippen molar-refractivity contribution >= 4 is 17.6 Å². The van der Waals surface area contributed by atoms with E-state index in [1.54, 1.807) is 11.8 Å². The predicted octanol–water partition coefficient (Wildman–Crippen LogP) is 2.91. The highest BCUT2D eigenvalue weighted by Gasteiger charge is 2.03. The summed E-state index contributed by atoms with van der Waals surface area (Å²) < 4.78 is 25.6. The molecule has 1 heterocycles. The van der Waals surface area contributed by atoms with Crippen molar-refractivity contribution < 1.29 is 8.78 Å². The Morgan fingerprint density at radius 3 is 2.87 bits per heavy atom. The van der Waals surface area contributed by atoms with Crippen LogP contribution in [0.15, 0.2) is 12.3 Å². The maximum atomic E-state index is 13.1. The number of unbranched alkanes of at least 4 members (excludes halogenated alkanes) is 1. The smallest absolute Gasteiger partial charge is 0.168 e. The number of pyridine rings is 1. The normalized spacial score (nSPS) is 10.3. The molecule has 0 bridgehead atoms. The van der Waals surface area contributed by atoms with Crippen molar-refractivity contribution in [3.05, 3.63) is 23.9 Å². The van der Waals surface area contributed by atoms with Crippen LogP contribution in [0.25, 0.3) is 0 Å². The summed E-state index contributed by atoms with van der Waals surface area (Å²) in [5, 5.41) is 2.84. The van der Waals surface area contributed by atoms with E-state index in [1.807, 2.05) is 0 Å². The van der Waals surface area contributed by atoms with Crippen molar-refractivity contribution in [3.63, 3.8) is 0 Å². The Kier molecular flexibility index (Phi) is 5.39. The zero-order valence-corrected chi connectivity index (χ0v) is 9.41. The molecule has 0 radical (unpaired) electrons. The molecule has 0 unspecified atom stereocenters. The number of anilines is 1. The molecular formula is C10H14F2N2S. The molecule has 0 spiro atoms. The lowest BCUT2D eigenvalue weighted by molar-refractivity contribution is 0.575. The lowest BCUT2D eigenvalue weighted by Gasteiger charge is -2.05. The fourth-order valence-corrected chi connectivity index (χ4v) is 1.62. The van der Waals surface area contributed by atoms with Crippen molar-refractivity contribution in [2.75, 3.05) is 23.9 Å². The average molecular weight is 232 g/mol. The molecular weight excluding hydrogens is 218 g/mol. The van der Waals surface area contributed by atoms with Crippen LogP contribution in [0.5, 0.6) is 0 Å². The van der Waals surface area contributed by atoms with E-state index < -0.39 is 11.6 Å². The van der Waals surface area contributed by atoms with Crippen molar-refractivity contribution in [1.29, 1.82) is 0 Å². The fraction of sp³-hybridized carbons (Fsp3) is 0.500. The highest BCUT2D eigenvalue weighted by Crippen LogP contribution is 2.11. The first-order valence-electron chi connectivity index (χ1n) is 4.78. The quantitative estimate of drug-likeness (QED) is 0.763. The molecule has 1 N–H and O–H groups in total. The number of hydrogen-bond acceptors (Lipinski definition) is 3. The van der Waals surface area contributed by atoms with Gasteiger partial charge in [-0.15, -0.1) is 0 Å². The van der Waals surface area contributed by atoms with Crippen LogP contribution in [0.1, 0.15) is 12.8 Å². The molecule has 5 heteroatoms. The van der Waals surface area contributed by atoms with Gasteiger partial charge in [0.25, 0.3) is 0 Å². The lowest BCUT2D eigenvalue weighted by atomic mass is 10.3. The molecule has 0 aliphatic rings. The third kappa shape index (κ3) is 4.46. The molecule has 0 aliphatic carbocycles. The summed E-state index contributed by atoms with van der Waals surface area (Å²) in [7, 11) is 0. The second-order valence-corrected chi connectivity index (χ2v) is 4.10. The summed E-state index contributed by atoms with van der Waals surface area (Å²) in [4.78, 5) is 3.63. The Hall–Kier alpha value is -0.840. The summed E-state index contributed by atoms with van der Waals surface area (Å²) in [5.74, 6) is -0.0677. The van der Waals surface area contributed by atoms with Crippen LogP contribution >= 0.6 is 11.8 Å². The van der Waals surface area contributed by atoms with Gasteiger partial charge in [-0.2, -0.15) is 11.8 Å². The number of thioether (sulfide) groups is 1. The van der Waals surface area contributed by atoms with Crippen LogP contribution in [-0.4, -0.2) is 23.5 Å². The average Bonchev–Trinajstić information content (AvgIpc) is 2.20. The maximum Gasteiger partial charge on any atom is 0.168 e. The van der Waals surface area contributed by atoms with Crippen molar-refractivity contribution in [1.82, 2.24) is 4.98 Å². The van der Waals surface area contributed by atoms with Crippen LogP contribution < -0.4 is 5.32 Å². The first-order chi connectivity index (χ1) is 7.24. The third-order valence-corrected chi connectivity index (χ3v) is 2.57. The third-order valence-electron chi connectivity index (χ3n) is 1.88. The number of nitrogens with one attached hydrogen (secondary N) is 1. The largest absolute Gasteiger partial charge is 0.368 e. The Morgan fingerprint density at radius 2 is 2.20 bits per heavy atom. The summed E-state index contributed by atoms with van der Waals surface area (Å²) in [6.45, 7) is 0.663. The number of aromatic nitrogens is 1. The molecule has 0 amide bonds. The molecule has 2 nitrogen and oxygen atoms in total. The van der Waals surface area contributed by atoms with E-state index in [2.05, 4.69) is 16.6 Å². The monoisotopic (exact) mass is 232 g/mol. The second-order valence-electron chi connectivity index (χ2n) is 3.11. The number of nitrogens with zero attached hydrogens (tertiary/aromatic N) is 1. The van der Waals surface area contributed by atoms with Gasteiger partial charge in [0.05, 0.1) is 6.20 Å². The molecule has 0 aliphatic heterocycles. The molecule has 0 atom stereocenters. The van der Waals surface area contributed by atoms with E-state index >= 15 is 0 Å². The number of hydrogen-bond donors (Lipinski definition) is 1. The summed E-state index contributed by atoms with van der Waals surface area (Å²) >= 11 is 1.79. The van der Waals surface area contributed by atoms with Gasteiger partial charge in [0.15, 0.2) is 11.6 Å². The number of halogens is 2. The summed E-state index contributed by atoms with van der Waals surface area (Å²) in [6.07, 6.45) is 5.10. The highest BCUT2D eigenvalue weighted by atomic mass is 32.2. The minimum absolute atomic E-state index is 0.126. The predicted molar refractivity (Wildman–Crippen MR) is 60.3 cm³/mol. The minimum Gasteiger partial charge on any atom is -0.368 e.